The number of nitrogens with two attached hydrogens (primary N) is 1. The van der Waals surface area contributed by atoms with Crippen molar-refractivity contribution < 1.29 is 14.3 Å². The Hall–Kier alpha value is -1.71. The molecule has 4 nitrogen and oxygen atoms in total. The molecule has 1 aromatic rings. The molecule has 0 amide bonds. The number of methoxy groups -OCH3 is 1. The number of nitrogen functional groups attached to an aromatic ring is 1. The van der Waals surface area contributed by atoms with E-state index in [1.807, 2.05) is 12.1 Å². The van der Waals surface area contributed by atoms with Gasteiger partial charge in [0.25, 0.3) is 0 Å². The first kappa shape index (κ1) is 13.4. The molecule has 0 fully saturated rings. The Labute approximate surface area is 102 Å². The van der Waals surface area contributed by atoms with Crippen LogP contribution in [0.2, 0.25) is 0 Å². The number of anilines is 1. The molecule has 0 bridgehead atoms. The predicted octanol–water partition coefficient (Wildman–Crippen LogP) is 2.16. The Kier molecular flexibility index (Phi) is 5.33. The molecule has 2 N–H and O–H groups in total. The van der Waals surface area contributed by atoms with Crippen molar-refractivity contribution in [3.05, 3.63) is 23.8 Å². The highest BCUT2D eigenvalue weighted by atomic mass is 16.5. The highest BCUT2D eigenvalue weighted by Gasteiger charge is 2.03. The first-order chi connectivity index (χ1) is 8.15. The standard InChI is InChI=1S/C13H19NO3/c1-3-17-13(15)6-4-5-10-7-11(14)9-12(8-10)16-2/h7-9H,3-6,14H2,1-2H3. The van der Waals surface area contributed by atoms with Crippen molar-refractivity contribution >= 4 is 11.7 Å². The van der Waals surface area contributed by atoms with E-state index in [0.717, 1.165) is 24.2 Å². The molecule has 0 saturated heterocycles. The molecule has 0 unspecified atom stereocenters. The summed E-state index contributed by atoms with van der Waals surface area (Å²) in [4.78, 5) is 11.2. The fraction of sp³-hybridized carbons (Fsp3) is 0.462. The summed E-state index contributed by atoms with van der Waals surface area (Å²) in [6, 6.07) is 5.60. The van der Waals surface area contributed by atoms with Crippen molar-refractivity contribution in [2.24, 2.45) is 0 Å². The normalized spacial score (nSPS) is 10.0. The van der Waals surface area contributed by atoms with E-state index in [2.05, 4.69) is 0 Å². The second-order valence-electron chi connectivity index (χ2n) is 3.77. The molecule has 0 atom stereocenters. The van der Waals surface area contributed by atoms with E-state index < -0.39 is 0 Å². The minimum Gasteiger partial charge on any atom is -0.497 e. The van der Waals surface area contributed by atoms with E-state index in [1.165, 1.54) is 0 Å². The third kappa shape index (κ3) is 4.76. The second-order valence-corrected chi connectivity index (χ2v) is 3.77. The van der Waals surface area contributed by atoms with Gasteiger partial charge in [0, 0.05) is 18.2 Å². The summed E-state index contributed by atoms with van der Waals surface area (Å²) in [5, 5.41) is 0. The van der Waals surface area contributed by atoms with E-state index in [-0.39, 0.29) is 5.97 Å². The number of carbonyl (C=O) groups excluding carboxylic acids is 1. The number of benzene rings is 1. The minimum absolute atomic E-state index is 0.150. The SMILES string of the molecule is CCOC(=O)CCCc1cc(N)cc(OC)c1. The fourth-order valence-corrected chi connectivity index (χ4v) is 1.62. The largest absolute Gasteiger partial charge is 0.497 e. The summed E-state index contributed by atoms with van der Waals surface area (Å²) >= 11 is 0. The molecule has 0 heterocycles. The minimum atomic E-state index is -0.150. The van der Waals surface area contributed by atoms with Gasteiger partial charge in [-0.1, -0.05) is 0 Å². The van der Waals surface area contributed by atoms with Crippen LogP contribution in [-0.4, -0.2) is 19.7 Å². The maximum absolute atomic E-state index is 11.2. The van der Waals surface area contributed by atoms with Crippen molar-refractivity contribution in [2.45, 2.75) is 26.2 Å². The molecule has 1 rings (SSSR count). The smallest absolute Gasteiger partial charge is 0.305 e. The maximum atomic E-state index is 11.2. The molecule has 0 radical (unpaired) electrons. The van der Waals surface area contributed by atoms with Crippen LogP contribution in [0.15, 0.2) is 18.2 Å². The van der Waals surface area contributed by atoms with Crippen LogP contribution in [-0.2, 0) is 16.0 Å². The molecular formula is C13H19NO3. The third-order valence-corrected chi connectivity index (χ3v) is 2.38. The van der Waals surface area contributed by atoms with E-state index in [4.69, 9.17) is 15.2 Å². The maximum Gasteiger partial charge on any atom is 0.305 e. The zero-order chi connectivity index (χ0) is 12.7. The van der Waals surface area contributed by atoms with Crippen LogP contribution < -0.4 is 10.5 Å². The lowest BCUT2D eigenvalue weighted by Gasteiger charge is -2.06. The molecule has 0 aliphatic rings. The van der Waals surface area contributed by atoms with E-state index >= 15 is 0 Å². The van der Waals surface area contributed by atoms with Gasteiger partial charge in [0.15, 0.2) is 0 Å². The Morgan fingerprint density at radius 1 is 1.35 bits per heavy atom. The van der Waals surface area contributed by atoms with E-state index in [0.29, 0.717) is 18.7 Å². The monoisotopic (exact) mass is 237 g/mol. The summed E-state index contributed by atoms with van der Waals surface area (Å²) in [7, 11) is 1.61. The molecule has 0 aliphatic heterocycles. The lowest BCUT2D eigenvalue weighted by molar-refractivity contribution is -0.143. The number of rotatable bonds is 6. The Balaban J connectivity index is 2.46. The zero-order valence-electron chi connectivity index (χ0n) is 10.4. The van der Waals surface area contributed by atoms with Crippen LogP contribution in [0.5, 0.6) is 5.75 Å². The molecule has 17 heavy (non-hydrogen) atoms. The molecule has 0 aromatic heterocycles. The van der Waals surface area contributed by atoms with Crippen molar-refractivity contribution in [2.75, 3.05) is 19.5 Å². The van der Waals surface area contributed by atoms with Gasteiger partial charge in [-0.2, -0.15) is 0 Å². The van der Waals surface area contributed by atoms with E-state index in [9.17, 15) is 4.79 Å². The van der Waals surface area contributed by atoms with Gasteiger partial charge in [-0.25, -0.2) is 0 Å². The van der Waals surface area contributed by atoms with E-state index in [1.54, 1.807) is 20.1 Å². The van der Waals surface area contributed by atoms with Crippen LogP contribution in [0.1, 0.15) is 25.3 Å². The summed E-state index contributed by atoms with van der Waals surface area (Å²) in [6.45, 7) is 2.24. The predicted molar refractivity (Wildman–Crippen MR) is 67.0 cm³/mol. The first-order valence-corrected chi connectivity index (χ1v) is 5.74. The first-order valence-electron chi connectivity index (χ1n) is 5.74. The van der Waals surface area contributed by atoms with Gasteiger partial charge in [-0.05, 0) is 37.5 Å². The van der Waals surface area contributed by atoms with Crippen molar-refractivity contribution in [3.63, 3.8) is 0 Å². The number of carbonyl (C=O) groups is 1. The third-order valence-electron chi connectivity index (χ3n) is 2.38. The zero-order valence-corrected chi connectivity index (χ0v) is 10.4. The average Bonchev–Trinajstić information content (AvgIpc) is 2.28. The summed E-state index contributed by atoms with van der Waals surface area (Å²) in [6.07, 6.45) is 1.98. The molecule has 0 aliphatic carbocycles. The van der Waals surface area contributed by atoms with Crippen molar-refractivity contribution in [1.82, 2.24) is 0 Å². The van der Waals surface area contributed by atoms with Gasteiger partial charge in [-0.15, -0.1) is 0 Å². The van der Waals surface area contributed by atoms with Crippen molar-refractivity contribution in [3.8, 4) is 5.75 Å². The Morgan fingerprint density at radius 3 is 2.76 bits per heavy atom. The molecule has 94 valence electrons. The molecule has 0 saturated carbocycles. The Bertz CT molecular complexity index is 377. The van der Waals surface area contributed by atoms with Crippen molar-refractivity contribution in [1.29, 1.82) is 0 Å². The van der Waals surface area contributed by atoms with Crippen LogP contribution in [0.4, 0.5) is 5.69 Å². The summed E-state index contributed by atoms with van der Waals surface area (Å²) in [5.74, 6) is 0.597. The van der Waals surface area contributed by atoms with Gasteiger partial charge in [0.1, 0.15) is 5.75 Å². The molecule has 1 aromatic carbocycles. The fourth-order valence-electron chi connectivity index (χ4n) is 1.62. The number of hydrogen-bond donors (Lipinski definition) is 1. The number of esters is 1. The lowest BCUT2D eigenvalue weighted by Crippen LogP contribution is -2.04. The van der Waals surface area contributed by atoms with Crippen LogP contribution in [0.25, 0.3) is 0 Å². The van der Waals surface area contributed by atoms with Crippen LogP contribution >= 0.6 is 0 Å². The molecule has 4 heteroatoms. The highest BCUT2D eigenvalue weighted by molar-refractivity contribution is 5.69. The number of aryl methyl sites for hydroxylation is 1. The summed E-state index contributed by atoms with van der Waals surface area (Å²) in [5.41, 5.74) is 7.49. The van der Waals surface area contributed by atoms with Gasteiger partial charge in [0.2, 0.25) is 0 Å². The van der Waals surface area contributed by atoms with Gasteiger partial charge in [0.05, 0.1) is 13.7 Å². The lowest BCUT2D eigenvalue weighted by atomic mass is 10.1. The average molecular weight is 237 g/mol. The molecular weight excluding hydrogens is 218 g/mol. The quantitative estimate of drug-likeness (QED) is 0.608. The van der Waals surface area contributed by atoms with Crippen LogP contribution in [0, 0.1) is 0 Å². The number of hydrogen-bond acceptors (Lipinski definition) is 4. The highest BCUT2D eigenvalue weighted by Crippen LogP contribution is 2.19. The van der Waals surface area contributed by atoms with Crippen LogP contribution in [0.3, 0.4) is 0 Å². The van der Waals surface area contributed by atoms with Gasteiger partial charge < -0.3 is 15.2 Å². The number of ether oxygens (including phenoxy) is 2. The van der Waals surface area contributed by atoms with Gasteiger partial charge >= 0.3 is 5.97 Å². The van der Waals surface area contributed by atoms with Gasteiger partial charge in [-0.3, -0.25) is 4.79 Å². The topological polar surface area (TPSA) is 61.5 Å². The summed E-state index contributed by atoms with van der Waals surface area (Å²) < 4.78 is 9.99. The Morgan fingerprint density at radius 2 is 2.12 bits per heavy atom. The molecule has 0 spiro atoms. The second kappa shape index (κ2) is 6.78.